The van der Waals surface area contributed by atoms with Crippen molar-refractivity contribution in [1.29, 1.82) is 0 Å². The van der Waals surface area contributed by atoms with Gasteiger partial charge in [-0.3, -0.25) is 4.57 Å². The first-order valence-corrected chi connectivity index (χ1v) is 8.39. The summed E-state index contributed by atoms with van der Waals surface area (Å²) in [5.41, 5.74) is 4.74. The van der Waals surface area contributed by atoms with Crippen molar-refractivity contribution in [2.24, 2.45) is 7.05 Å². The summed E-state index contributed by atoms with van der Waals surface area (Å²) in [5, 5.41) is 2.55. The van der Waals surface area contributed by atoms with Crippen molar-refractivity contribution in [2.45, 2.75) is 0 Å². The van der Waals surface area contributed by atoms with Gasteiger partial charge in [0.1, 0.15) is 5.82 Å². The fourth-order valence-corrected chi connectivity index (χ4v) is 3.62. The van der Waals surface area contributed by atoms with E-state index < -0.39 is 0 Å². The minimum absolute atomic E-state index is 0.959. The highest BCUT2D eigenvalue weighted by Gasteiger charge is 2.11. The fraction of sp³-hybridized carbons (Fsp3) is 0.0455. The minimum atomic E-state index is 0.959. The molecule has 2 heterocycles. The van der Waals surface area contributed by atoms with Crippen LogP contribution in [0.1, 0.15) is 0 Å². The maximum Gasteiger partial charge on any atom is 0.144 e. The summed E-state index contributed by atoms with van der Waals surface area (Å²) in [5.74, 6) is 0.959. The van der Waals surface area contributed by atoms with E-state index in [4.69, 9.17) is 0 Å². The van der Waals surface area contributed by atoms with Gasteiger partial charge in [-0.1, -0.05) is 48.5 Å². The lowest BCUT2D eigenvalue weighted by atomic mass is 10.1. The number of fused-ring (bicyclic) bond motifs is 3. The van der Waals surface area contributed by atoms with Crippen LogP contribution in [0.2, 0.25) is 0 Å². The molecule has 0 saturated heterocycles. The summed E-state index contributed by atoms with van der Waals surface area (Å²) in [4.78, 5) is 4.57. The number of aryl methyl sites for hydroxylation is 1. The molecule has 5 rings (SSSR count). The molecule has 0 aliphatic heterocycles. The highest BCUT2D eigenvalue weighted by molar-refractivity contribution is 6.08. The number of para-hydroxylation sites is 1. The zero-order chi connectivity index (χ0) is 16.8. The van der Waals surface area contributed by atoms with Gasteiger partial charge in [-0.25, -0.2) is 4.98 Å². The van der Waals surface area contributed by atoms with Crippen molar-refractivity contribution in [3.8, 4) is 17.1 Å². The quantitative estimate of drug-likeness (QED) is 0.439. The molecular weight excluding hydrogens is 306 g/mol. The Hall–Kier alpha value is -3.33. The predicted octanol–water partition coefficient (Wildman–Crippen LogP) is 5.18. The zero-order valence-electron chi connectivity index (χ0n) is 13.9. The number of hydrogen-bond acceptors (Lipinski definition) is 1. The average Bonchev–Trinajstić information content (AvgIpc) is 3.27. The molecule has 0 N–H and O–H groups in total. The molecule has 0 radical (unpaired) electrons. The number of imidazole rings is 1. The van der Waals surface area contributed by atoms with Gasteiger partial charge in [0.2, 0.25) is 0 Å². The molecule has 0 unspecified atom stereocenters. The third-order valence-electron chi connectivity index (χ3n) is 4.85. The Morgan fingerprint density at radius 2 is 1.52 bits per heavy atom. The molecule has 5 aromatic rings. The first kappa shape index (κ1) is 14.1. The Morgan fingerprint density at radius 1 is 0.760 bits per heavy atom. The molecule has 0 spiro atoms. The van der Waals surface area contributed by atoms with E-state index in [2.05, 4.69) is 75.8 Å². The Labute approximate surface area is 145 Å². The van der Waals surface area contributed by atoms with Gasteiger partial charge in [-0.05, 0) is 24.3 Å². The van der Waals surface area contributed by atoms with Gasteiger partial charge in [0, 0.05) is 52.5 Å². The number of nitrogens with zero attached hydrogens (tertiary/aromatic N) is 3. The second-order valence-corrected chi connectivity index (χ2v) is 6.26. The van der Waals surface area contributed by atoms with Crippen LogP contribution in [0.3, 0.4) is 0 Å². The lowest BCUT2D eigenvalue weighted by Crippen LogP contribution is -1.96. The summed E-state index contributed by atoms with van der Waals surface area (Å²) >= 11 is 0. The smallest absolute Gasteiger partial charge is 0.144 e. The Bertz CT molecular complexity index is 1200. The van der Waals surface area contributed by atoms with Gasteiger partial charge in [-0.15, -0.1) is 0 Å². The summed E-state index contributed by atoms with van der Waals surface area (Å²) in [6.45, 7) is 0. The van der Waals surface area contributed by atoms with Crippen LogP contribution in [-0.2, 0) is 7.05 Å². The SMILES string of the molecule is Cn1c2ccccc2c2cc(-n3ccnc3-c3ccccc3)ccc21. The first-order chi connectivity index (χ1) is 12.3. The highest BCUT2D eigenvalue weighted by atomic mass is 15.1. The van der Waals surface area contributed by atoms with Gasteiger partial charge >= 0.3 is 0 Å². The molecule has 0 fully saturated rings. The second kappa shape index (κ2) is 5.35. The average molecular weight is 323 g/mol. The van der Waals surface area contributed by atoms with E-state index in [0.29, 0.717) is 0 Å². The van der Waals surface area contributed by atoms with E-state index in [-0.39, 0.29) is 0 Å². The molecule has 3 aromatic carbocycles. The van der Waals surface area contributed by atoms with E-state index in [9.17, 15) is 0 Å². The van der Waals surface area contributed by atoms with Crippen LogP contribution in [0.25, 0.3) is 38.9 Å². The maximum absolute atomic E-state index is 4.57. The highest BCUT2D eigenvalue weighted by Crippen LogP contribution is 2.30. The molecule has 0 saturated carbocycles. The zero-order valence-corrected chi connectivity index (χ0v) is 13.9. The van der Waals surface area contributed by atoms with E-state index in [0.717, 1.165) is 17.1 Å². The largest absolute Gasteiger partial charge is 0.344 e. The van der Waals surface area contributed by atoms with Crippen LogP contribution in [0.15, 0.2) is 85.2 Å². The number of benzene rings is 3. The molecule has 120 valence electrons. The predicted molar refractivity (Wildman–Crippen MR) is 103 cm³/mol. The van der Waals surface area contributed by atoms with E-state index in [1.807, 2.05) is 30.6 Å². The topological polar surface area (TPSA) is 22.8 Å². The molecule has 0 amide bonds. The van der Waals surface area contributed by atoms with E-state index in [1.165, 1.54) is 21.8 Å². The van der Waals surface area contributed by atoms with E-state index in [1.54, 1.807) is 0 Å². The Balaban J connectivity index is 1.76. The fourth-order valence-electron chi connectivity index (χ4n) is 3.62. The number of aromatic nitrogens is 3. The molecular formula is C22H17N3. The first-order valence-electron chi connectivity index (χ1n) is 8.39. The summed E-state index contributed by atoms with van der Waals surface area (Å²) < 4.78 is 4.40. The van der Waals surface area contributed by atoms with Crippen molar-refractivity contribution in [1.82, 2.24) is 14.1 Å². The monoisotopic (exact) mass is 323 g/mol. The summed E-state index contributed by atoms with van der Waals surface area (Å²) in [6, 6.07) is 25.5. The van der Waals surface area contributed by atoms with Crippen molar-refractivity contribution in [2.75, 3.05) is 0 Å². The maximum atomic E-state index is 4.57. The molecule has 0 atom stereocenters. The van der Waals surface area contributed by atoms with Gasteiger partial charge in [0.25, 0.3) is 0 Å². The van der Waals surface area contributed by atoms with Crippen LogP contribution in [0.4, 0.5) is 0 Å². The number of hydrogen-bond donors (Lipinski definition) is 0. The van der Waals surface area contributed by atoms with E-state index >= 15 is 0 Å². The normalized spacial score (nSPS) is 11.4. The summed E-state index contributed by atoms with van der Waals surface area (Å²) in [6.07, 6.45) is 3.88. The van der Waals surface area contributed by atoms with Crippen LogP contribution >= 0.6 is 0 Å². The molecule has 25 heavy (non-hydrogen) atoms. The lowest BCUT2D eigenvalue weighted by molar-refractivity contribution is 1.01. The van der Waals surface area contributed by atoms with Gasteiger partial charge < -0.3 is 4.57 Å². The van der Waals surface area contributed by atoms with Gasteiger partial charge in [0.05, 0.1) is 0 Å². The molecule has 0 aliphatic carbocycles. The van der Waals surface area contributed by atoms with Gasteiger partial charge in [-0.2, -0.15) is 0 Å². The van der Waals surface area contributed by atoms with Gasteiger partial charge in [0.15, 0.2) is 0 Å². The lowest BCUT2D eigenvalue weighted by Gasteiger charge is -2.09. The van der Waals surface area contributed by atoms with Crippen molar-refractivity contribution in [3.05, 3.63) is 85.2 Å². The van der Waals surface area contributed by atoms with Crippen LogP contribution in [0, 0.1) is 0 Å². The van der Waals surface area contributed by atoms with Crippen LogP contribution in [0.5, 0.6) is 0 Å². The molecule has 0 bridgehead atoms. The van der Waals surface area contributed by atoms with Crippen molar-refractivity contribution in [3.63, 3.8) is 0 Å². The Kier molecular flexibility index (Phi) is 3.01. The number of rotatable bonds is 2. The molecule has 2 aromatic heterocycles. The Morgan fingerprint density at radius 3 is 2.40 bits per heavy atom. The molecule has 0 aliphatic rings. The standard InChI is InChI=1S/C22H17N3/c1-24-20-10-6-5-9-18(20)19-15-17(11-12-21(19)24)25-14-13-23-22(25)16-7-3-2-4-8-16/h2-15H,1H3. The third-order valence-corrected chi connectivity index (χ3v) is 4.85. The molecule has 3 nitrogen and oxygen atoms in total. The van der Waals surface area contributed by atoms with Crippen LogP contribution in [-0.4, -0.2) is 14.1 Å². The van der Waals surface area contributed by atoms with Crippen LogP contribution < -0.4 is 0 Å². The second-order valence-electron chi connectivity index (χ2n) is 6.26. The third kappa shape index (κ3) is 2.09. The van der Waals surface area contributed by atoms with Crippen molar-refractivity contribution < 1.29 is 0 Å². The minimum Gasteiger partial charge on any atom is -0.344 e. The summed E-state index contributed by atoms with van der Waals surface area (Å²) in [7, 11) is 2.12. The molecule has 3 heteroatoms. The van der Waals surface area contributed by atoms with Crippen molar-refractivity contribution >= 4 is 21.8 Å².